The summed E-state index contributed by atoms with van der Waals surface area (Å²) in [5.41, 5.74) is 8.69. The first kappa shape index (κ1) is 15.0. The third-order valence-electron chi connectivity index (χ3n) is 4.17. The van der Waals surface area contributed by atoms with Crippen LogP contribution in [0.3, 0.4) is 0 Å². The molecule has 2 N–H and O–H groups in total. The quantitative estimate of drug-likeness (QED) is 0.896. The Morgan fingerprint density at radius 3 is 2.50 bits per heavy atom. The SMILES string of the molecule is CCCCN1C(=O)CC(N)C1c1ccc(C(C)C)cc1. The zero-order valence-electron chi connectivity index (χ0n) is 12.8. The number of nitrogens with two attached hydrogens (primary N) is 1. The van der Waals surface area contributed by atoms with E-state index in [-0.39, 0.29) is 18.0 Å². The molecule has 1 heterocycles. The van der Waals surface area contributed by atoms with Gasteiger partial charge in [-0.05, 0) is 23.5 Å². The topological polar surface area (TPSA) is 46.3 Å². The van der Waals surface area contributed by atoms with Gasteiger partial charge < -0.3 is 10.6 Å². The lowest BCUT2D eigenvalue weighted by Crippen LogP contribution is -2.33. The summed E-state index contributed by atoms with van der Waals surface area (Å²) in [4.78, 5) is 14.1. The maximum absolute atomic E-state index is 12.1. The summed E-state index contributed by atoms with van der Waals surface area (Å²) in [7, 11) is 0. The molecule has 1 aromatic rings. The lowest BCUT2D eigenvalue weighted by Gasteiger charge is -2.27. The van der Waals surface area contributed by atoms with Gasteiger partial charge >= 0.3 is 0 Å². The Labute approximate surface area is 122 Å². The summed E-state index contributed by atoms with van der Waals surface area (Å²) in [6.45, 7) is 7.34. The van der Waals surface area contributed by atoms with E-state index in [1.807, 2.05) is 4.90 Å². The second kappa shape index (κ2) is 6.40. The average molecular weight is 274 g/mol. The summed E-state index contributed by atoms with van der Waals surface area (Å²) in [6, 6.07) is 8.56. The molecule has 2 rings (SSSR count). The summed E-state index contributed by atoms with van der Waals surface area (Å²) in [5.74, 6) is 0.725. The van der Waals surface area contributed by atoms with Gasteiger partial charge in [0.05, 0.1) is 6.04 Å². The van der Waals surface area contributed by atoms with Crippen molar-refractivity contribution in [1.29, 1.82) is 0 Å². The summed E-state index contributed by atoms with van der Waals surface area (Å²) in [6.07, 6.45) is 2.61. The Hall–Kier alpha value is -1.35. The number of hydrogen-bond donors (Lipinski definition) is 1. The minimum atomic E-state index is -0.0794. The lowest BCUT2D eigenvalue weighted by molar-refractivity contribution is -0.129. The Morgan fingerprint density at radius 1 is 1.30 bits per heavy atom. The highest BCUT2D eigenvalue weighted by Crippen LogP contribution is 2.33. The molecular weight excluding hydrogens is 248 g/mol. The zero-order valence-corrected chi connectivity index (χ0v) is 12.8. The molecule has 0 bridgehead atoms. The molecular formula is C17H26N2O. The molecule has 2 unspecified atom stereocenters. The molecule has 20 heavy (non-hydrogen) atoms. The molecule has 0 spiro atoms. The predicted molar refractivity (Wildman–Crippen MR) is 82.5 cm³/mol. The van der Waals surface area contributed by atoms with Crippen molar-refractivity contribution in [2.45, 2.75) is 58.0 Å². The molecule has 110 valence electrons. The number of carbonyl (C=O) groups excluding carboxylic acids is 1. The van der Waals surface area contributed by atoms with Crippen molar-refractivity contribution in [2.24, 2.45) is 5.73 Å². The second-order valence-electron chi connectivity index (χ2n) is 6.07. The molecule has 1 aromatic carbocycles. The zero-order chi connectivity index (χ0) is 14.7. The van der Waals surface area contributed by atoms with Gasteiger partial charge in [0.25, 0.3) is 0 Å². The summed E-state index contributed by atoms with van der Waals surface area (Å²) in [5, 5.41) is 0. The molecule has 2 atom stereocenters. The van der Waals surface area contributed by atoms with E-state index in [1.54, 1.807) is 0 Å². The van der Waals surface area contributed by atoms with E-state index in [2.05, 4.69) is 45.0 Å². The second-order valence-corrected chi connectivity index (χ2v) is 6.07. The van der Waals surface area contributed by atoms with E-state index in [0.29, 0.717) is 12.3 Å². The number of carbonyl (C=O) groups is 1. The summed E-state index contributed by atoms with van der Waals surface area (Å²) < 4.78 is 0. The first-order chi connectivity index (χ1) is 9.54. The summed E-state index contributed by atoms with van der Waals surface area (Å²) >= 11 is 0. The van der Waals surface area contributed by atoms with Crippen LogP contribution in [0.15, 0.2) is 24.3 Å². The van der Waals surface area contributed by atoms with Crippen molar-refractivity contribution in [3.05, 3.63) is 35.4 Å². The molecule has 3 nitrogen and oxygen atoms in total. The number of hydrogen-bond acceptors (Lipinski definition) is 2. The third kappa shape index (κ3) is 3.04. The molecule has 1 aliphatic rings. The van der Waals surface area contributed by atoms with Crippen molar-refractivity contribution in [3.8, 4) is 0 Å². The van der Waals surface area contributed by atoms with Gasteiger partial charge in [0.15, 0.2) is 0 Å². The van der Waals surface area contributed by atoms with Crippen molar-refractivity contribution < 1.29 is 4.79 Å². The number of benzene rings is 1. The molecule has 0 radical (unpaired) electrons. The maximum Gasteiger partial charge on any atom is 0.224 e. The Bertz CT molecular complexity index is 453. The lowest BCUT2D eigenvalue weighted by atomic mass is 9.96. The van der Waals surface area contributed by atoms with Gasteiger partial charge in [-0.2, -0.15) is 0 Å². The number of unbranched alkanes of at least 4 members (excludes halogenated alkanes) is 1. The Morgan fingerprint density at radius 2 is 1.95 bits per heavy atom. The smallest absolute Gasteiger partial charge is 0.224 e. The van der Waals surface area contributed by atoms with Crippen LogP contribution in [0.4, 0.5) is 0 Å². The standard InChI is InChI=1S/C17H26N2O/c1-4-5-10-19-16(20)11-15(18)17(19)14-8-6-13(7-9-14)12(2)3/h6-9,12,15,17H,4-5,10-11,18H2,1-3H3. The fourth-order valence-electron chi connectivity index (χ4n) is 2.91. The number of amides is 1. The van der Waals surface area contributed by atoms with Crippen LogP contribution in [-0.4, -0.2) is 23.4 Å². The van der Waals surface area contributed by atoms with Crippen LogP contribution in [0.25, 0.3) is 0 Å². The molecule has 1 aliphatic heterocycles. The molecule has 0 aliphatic carbocycles. The molecule has 3 heteroatoms. The van der Waals surface area contributed by atoms with Crippen molar-refractivity contribution in [3.63, 3.8) is 0 Å². The highest BCUT2D eigenvalue weighted by Gasteiger charge is 2.37. The fourth-order valence-corrected chi connectivity index (χ4v) is 2.91. The van der Waals surface area contributed by atoms with E-state index in [1.165, 1.54) is 11.1 Å². The highest BCUT2D eigenvalue weighted by molar-refractivity contribution is 5.80. The largest absolute Gasteiger partial charge is 0.334 e. The van der Waals surface area contributed by atoms with Gasteiger partial charge in [-0.3, -0.25) is 4.79 Å². The van der Waals surface area contributed by atoms with Crippen molar-refractivity contribution >= 4 is 5.91 Å². The van der Waals surface area contributed by atoms with Gasteiger partial charge in [-0.15, -0.1) is 0 Å². The number of rotatable bonds is 5. The van der Waals surface area contributed by atoms with Gasteiger partial charge in [-0.1, -0.05) is 51.5 Å². The van der Waals surface area contributed by atoms with Crippen LogP contribution in [-0.2, 0) is 4.79 Å². The van der Waals surface area contributed by atoms with E-state index in [9.17, 15) is 4.79 Å². The highest BCUT2D eigenvalue weighted by atomic mass is 16.2. The molecule has 0 saturated carbocycles. The fraction of sp³-hybridized carbons (Fsp3) is 0.588. The average Bonchev–Trinajstić information content (AvgIpc) is 2.70. The van der Waals surface area contributed by atoms with E-state index < -0.39 is 0 Å². The van der Waals surface area contributed by atoms with Gasteiger partial charge in [0, 0.05) is 19.0 Å². The van der Waals surface area contributed by atoms with Crippen LogP contribution in [0.5, 0.6) is 0 Å². The Kier molecular flexibility index (Phi) is 4.81. The molecule has 1 fully saturated rings. The normalized spacial score (nSPS) is 22.9. The van der Waals surface area contributed by atoms with Gasteiger partial charge in [0.1, 0.15) is 0 Å². The van der Waals surface area contributed by atoms with Gasteiger partial charge in [0.2, 0.25) is 5.91 Å². The number of likely N-dealkylation sites (tertiary alicyclic amines) is 1. The molecule has 1 saturated heterocycles. The first-order valence-corrected chi connectivity index (χ1v) is 7.69. The third-order valence-corrected chi connectivity index (χ3v) is 4.17. The predicted octanol–water partition coefficient (Wildman–Crippen LogP) is 3.21. The first-order valence-electron chi connectivity index (χ1n) is 7.69. The molecule has 1 amide bonds. The van der Waals surface area contributed by atoms with E-state index in [4.69, 9.17) is 5.73 Å². The monoisotopic (exact) mass is 274 g/mol. The van der Waals surface area contributed by atoms with Crippen molar-refractivity contribution in [1.82, 2.24) is 4.90 Å². The maximum atomic E-state index is 12.1. The minimum absolute atomic E-state index is 0.0512. The van der Waals surface area contributed by atoms with Crippen LogP contribution in [0.2, 0.25) is 0 Å². The van der Waals surface area contributed by atoms with Gasteiger partial charge in [-0.25, -0.2) is 0 Å². The number of nitrogens with zero attached hydrogens (tertiary/aromatic N) is 1. The molecule has 0 aromatic heterocycles. The van der Waals surface area contributed by atoms with E-state index >= 15 is 0 Å². The minimum Gasteiger partial charge on any atom is -0.334 e. The van der Waals surface area contributed by atoms with Crippen molar-refractivity contribution in [2.75, 3.05) is 6.54 Å². The van der Waals surface area contributed by atoms with Crippen LogP contribution in [0.1, 0.15) is 63.1 Å². The van der Waals surface area contributed by atoms with Crippen LogP contribution in [0, 0.1) is 0 Å². The van der Waals surface area contributed by atoms with Crippen LogP contribution >= 0.6 is 0 Å². The van der Waals surface area contributed by atoms with Crippen LogP contribution < -0.4 is 5.73 Å². The Balaban J connectivity index is 2.21. The van der Waals surface area contributed by atoms with E-state index in [0.717, 1.165) is 19.4 Å².